The van der Waals surface area contributed by atoms with Crippen LogP contribution in [0.3, 0.4) is 0 Å². The first-order chi connectivity index (χ1) is 7.83. The second kappa shape index (κ2) is 3.61. The molecule has 0 unspecified atom stereocenters. The number of hydrazone groups is 1. The van der Waals surface area contributed by atoms with Gasteiger partial charge in [0.25, 0.3) is 0 Å². The van der Waals surface area contributed by atoms with E-state index in [2.05, 4.69) is 22.2 Å². The van der Waals surface area contributed by atoms with E-state index in [1.807, 2.05) is 12.1 Å². The molecule has 0 atom stereocenters. The summed E-state index contributed by atoms with van der Waals surface area (Å²) in [4.78, 5) is 11.3. The Balaban J connectivity index is 1.93. The topological polar surface area (TPSA) is 56.7 Å². The molecule has 1 aliphatic carbocycles. The van der Waals surface area contributed by atoms with Gasteiger partial charge in [0.15, 0.2) is 0 Å². The fourth-order valence-corrected chi connectivity index (χ4v) is 2.07. The van der Waals surface area contributed by atoms with Crippen molar-refractivity contribution in [3.05, 3.63) is 29.3 Å². The quantitative estimate of drug-likeness (QED) is 0.718. The number of hydrazine groups is 2. The standard InChI is InChI=1S/C11H12N4O/c16-11-4-2-8-5-10(3-1-9(8)6-11)15-7-12-13-14-15/h1,3,5,7,13-14H,2,4,6H2. The van der Waals surface area contributed by atoms with Crippen molar-refractivity contribution in [2.45, 2.75) is 19.3 Å². The first-order valence-electron chi connectivity index (χ1n) is 5.29. The Hall–Kier alpha value is -1.88. The molecule has 0 saturated carbocycles. The zero-order valence-corrected chi connectivity index (χ0v) is 8.73. The average molecular weight is 216 g/mol. The van der Waals surface area contributed by atoms with Crippen LogP contribution in [0.25, 0.3) is 0 Å². The van der Waals surface area contributed by atoms with E-state index >= 15 is 0 Å². The van der Waals surface area contributed by atoms with E-state index in [-0.39, 0.29) is 0 Å². The Bertz CT molecular complexity index is 469. The molecule has 3 rings (SSSR count). The molecular formula is C11H12N4O. The van der Waals surface area contributed by atoms with Crippen molar-refractivity contribution in [2.24, 2.45) is 5.10 Å². The summed E-state index contributed by atoms with van der Waals surface area (Å²) in [5.74, 6) is 0.336. The molecule has 2 N–H and O–H groups in total. The summed E-state index contributed by atoms with van der Waals surface area (Å²) >= 11 is 0. The number of nitrogens with zero attached hydrogens (tertiary/aromatic N) is 2. The molecule has 2 aliphatic rings. The Kier molecular flexibility index (Phi) is 2.11. The smallest absolute Gasteiger partial charge is 0.137 e. The van der Waals surface area contributed by atoms with Gasteiger partial charge in [0.1, 0.15) is 12.1 Å². The number of hydrogen-bond acceptors (Lipinski definition) is 5. The van der Waals surface area contributed by atoms with Gasteiger partial charge < -0.3 is 0 Å². The molecule has 1 heterocycles. The van der Waals surface area contributed by atoms with Crippen LogP contribution in [0.2, 0.25) is 0 Å². The molecular weight excluding hydrogens is 204 g/mol. The predicted molar refractivity (Wildman–Crippen MR) is 60.7 cm³/mol. The van der Waals surface area contributed by atoms with Crippen molar-refractivity contribution < 1.29 is 4.79 Å². The largest absolute Gasteiger partial charge is 0.299 e. The van der Waals surface area contributed by atoms with Gasteiger partial charge in [-0.05, 0) is 29.7 Å². The van der Waals surface area contributed by atoms with E-state index in [9.17, 15) is 4.79 Å². The van der Waals surface area contributed by atoms with E-state index < -0.39 is 0 Å². The number of carbonyl (C=O) groups is 1. The lowest BCUT2D eigenvalue weighted by molar-refractivity contribution is -0.118. The zero-order valence-electron chi connectivity index (χ0n) is 8.73. The Morgan fingerprint density at radius 3 is 3.00 bits per heavy atom. The van der Waals surface area contributed by atoms with Crippen molar-refractivity contribution in [1.82, 2.24) is 11.1 Å². The zero-order chi connectivity index (χ0) is 11.0. The van der Waals surface area contributed by atoms with Crippen LogP contribution in [-0.4, -0.2) is 12.1 Å². The summed E-state index contributed by atoms with van der Waals surface area (Å²) in [5.41, 5.74) is 8.98. The molecule has 0 fully saturated rings. The van der Waals surface area contributed by atoms with Gasteiger partial charge in [-0.25, -0.2) is 10.5 Å². The molecule has 0 saturated heterocycles. The first kappa shape index (κ1) is 9.35. The van der Waals surface area contributed by atoms with E-state index in [1.54, 1.807) is 11.3 Å². The maximum Gasteiger partial charge on any atom is 0.137 e. The highest BCUT2D eigenvalue weighted by molar-refractivity contribution is 5.84. The van der Waals surface area contributed by atoms with Crippen molar-refractivity contribution >= 4 is 17.8 Å². The fourth-order valence-electron chi connectivity index (χ4n) is 2.07. The number of benzene rings is 1. The van der Waals surface area contributed by atoms with E-state index in [4.69, 9.17) is 0 Å². The summed E-state index contributed by atoms with van der Waals surface area (Å²) < 4.78 is 0. The highest BCUT2D eigenvalue weighted by Crippen LogP contribution is 2.24. The van der Waals surface area contributed by atoms with Crippen molar-refractivity contribution in [3.63, 3.8) is 0 Å². The Labute approximate surface area is 93.1 Å². The number of Topliss-reactive ketones (excluding diaryl/α,β-unsaturated/α-hetero) is 1. The highest BCUT2D eigenvalue weighted by Gasteiger charge is 2.17. The number of hydrogen-bond donors (Lipinski definition) is 2. The van der Waals surface area contributed by atoms with Gasteiger partial charge in [-0.2, -0.15) is 5.10 Å². The van der Waals surface area contributed by atoms with E-state index in [1.165, 1.54) is 5.56 Å². The maximum absolute atomic E-state index is 11.3. The molecule has 0 bridgehead atoms. The lowest BCUT2D eigenvalue weighted by Crippen LogP contribution is -2.37. The molecule has 0 aromatic heterocycles. The predicted octanol–water partition coefficient (Wildman–Crippen LogP) is 0.517. The van der Waals surface area contributed by atoms with Gasteiger partial charge in [0.05, 0.1) is 5.69 Å². The third-order valence-electron chi connectivity index (χ3n) is 2.94. The Morgan fingerprint density at radius 2 is 2.19 bits per heavy atom. The SMILES string of the molecule is O=C1CCc2cc(N3C=NNN3)ccc2C1. The molecule has 1 aromatic carbocycles. The number of ketones is 1. The molecule has 1 aliphatic heterocycles. The fraction of sp³-hybridized carbons (Fsp3) is 0.273. The van der Waals surface area contributed by atoms with Crippen molar-refractivity contribution in [2.75, 3.05) is 5.01 Å². The summed E-state index contributed by atoms with van der Waals surface area (Å²) in [5, 5.41) is 5.65. The van der Waals surface area contributed by atoms with Crippen molar-refractivity contribution in [3.8, 4) is 0 Å². The summed E-state index contributed by atoms with van der Waals surface area (Å²) in [6.45, 7) is 0. The molecule has 82 valence electrons. The molecule has 1 aromatic rings. The second-order valence-electron chi connectivity index (χ2n) is 4.01. The Morgan fingerprint density at radius 1 is 1.25 bits per heavy atom. The van der Waals surface area contributed by atoms with Crippen LogP contribution in [0.5, 0.6) is 0 Å². The minimum atomic E-state index is 0.336. The number of rotatable bonds is 1. The van der Waals surface area contributed by atoms with Crippen LogP contribution in [0.4, 0.5) is 5.69 Å². The molecule has 16 heavy (non-hydrogen) atoms. The van der Waals surface area contributed by atoms with Gasteiger partial charge >= 0.3 is 0 Å². The van der Waals surface area contributed by atoms with Gasteiger partial charge in [0, 0.05) is 12.8 Å². The number of aryl methyl sites for hydroxylation is 1. The first-order valence-corrected chi connectivity index (χ1v) is 5.29. The molecule has 0 amide bonds. The number of fused-ring (bicyclic) bond motifs is 1. The minimum Gasteiger partial charge on any atom is -0.299 e. The second-order valence-corrected chi connectivity index (χ2v) is 4.01. The molecule has 5 heteroatoms. The number of anilines is 1. The van der Waals surface area contributed by atoms with E-state index in [0.29, 0.717) is 18.6 Å². The van der Waals surface area contributed by atoms with Crippen molar-refractivity contribution in [1.29, 1.82) is 0 Å². The molecule has 0 spiro atoms. The van der Waals surface area contributed by atoms with Gasteiger partial charge in [-0.1, -0.05) is 6.07 Å². The minimum absolute atomic E-state index is 0.336. The molecule has 0 radical (unpaired) electrons. The number of nitrogens with one attached hydrogen (secondary N) is 2. The summed E-state index contributed by atoms with van der Waals surface area (Å²) in [6, 6.07) is 6.12. The molecule has 5 nitrogen and oxygen atoms in total. The van der Waals surface area contributed by atoms with Gasteiger partial charge in [-0.3, -0.25) is 4.79 Å². The van der Waals surface area contributed by atoms with Crippen LogP contribution in [-0.2, 0) is 17.6 Å². The monoisotopic (exact) mass is 216 g/mol. The van der Waals surface area contributed by atoms with Gasteiger partial charge in [-0.15, -0.1) is 5.53 Å². The third-order valence-corrected chi connectivity index (χ3v) is 2.94. The van der Waals surface area contributed by atoms with Crippen LogP contribution in [0, 0.1) is 0 Å². The lowest BCUT2D eigenvalue weighted by atomic mass is 9.90. The van der Waals surface area contributed by atoms with Crippen LogP contribution in [0.1, 0.15) is 17.5 Å². The summed E-state index contributed by atoms with van der Waals surface area (Å²) in [7, 11) is 0. The van der Waals surface area contributed by atoms with E-state index in [0.717, 1.165) is 17.7 Å². The average Bonchev–Trinajstić information content (AvgIpc) is 2.82. The highest BCUT2D eigenvalue weighted by atomic mass is 16.1. The maximum atomic E-state index is 11.3. The van der Waals surface area contributed by atoms with Crippen LogP contribution < -0.4 is 16.1 Å². The lowest BCUT2D eigenvalue weighted by Gasteiger charge is -2.19. The van der Waals surface area contributed by atoms with Crippen LogP contribution in [0.15, 0.2) is 23.3 Å². The third kappa shape index (κ3) is 1.55. The van der Waals surface area contributed by atoms with Gasteiger partial charge in [0.2, 0.25) is 0 Å². The normalized spacial score (nSPS) is 18.5. The summed E-state index contributed by atoms with van der Waals surface area (Å²) in [6.07, 6.45) is 3.77. The van der Waals surface area contributed by atoms with Crippen LogP contribution >= 0.6 is 0 Å². The number of carbonyl (C=O) groups excluding carboxylic acids is 1.